The smallest absolute Gasteiger partial charge is 0.331 e. The summed E-state index contributed by atoms with van der Waals surface area (Å²) in [5.74, 6) is -1.59. The van der Waals surface area contributed by atoms with E-state index in [1.807, 2.05) is 0 Å². The number of halogens is 1. The van der Waals surface area contributed by atoms with Gasteiger partial charge in [0.25, 0.3) is 0 Å². The van der Waals surface area contributed by atoms with Gasteiger partial charge >= 0.3 is 5.97 Å². The Kier molecular flexibility index (Phi) is 2.86. The highest BCUT2D eigenvalue weighted by atomic mass is 19.1. The fraction of sp³-hybridized carbons (Fsp3) is 0.100. The molecule has 0 aromatic heterocycles. The molecule has 0 saturated heterocycles. The van der Waals surface area contributed by atoms with Crippen molar-refractivity contribution in [1.82, 2.24) is 0 Å². The van der Waals surface area contributed by atoms with Crippen LogP contribution in [-0.2, 0) is 4.79 Å². The molecule has 0 atom stereocenters. The van der Waals surface area contributed by atoms with E-state index in [4.69, 9.17) is 10.8 Å². The summed E-state index contributed by atoms with van der Waals surface area (Å²) >= 11 is 0. The van der Waals surface area contributed by atoms with E-state index in [2.05, 4.69) is 0 Å². The SMILES string of the molecule is CC(=Cc1cccc(F)c1N)C(=O)O. The Morgan fingerprint density at radius 3 is 2.79 bits per heavy atom. The van der Waals surface area contributed by atoms with Crippen molar-refractivity contribution in [2.24, 2.45) is 0 Å². The predicted molar refractivity (Wildman–Crippen MR) is 52.1 cm³/mol. The Morgan fingerprint density at radius 1 is 1.57 bits per heavy atom. The molecule has 1 rings (SSSR count). The van der Waals surface area contributed by atoms with Gasteiger partial charge in [-0.2, -0.15) is 0 Å². The maximum atomic E-state index is 12.9. The van der Waals surface area contributed by atoms with Crippen molar-refractivity contribution in [3.05, 3.63) is 35.2 Å². The minimum absolute atomic E-state index is 0.0342. The molecule has 0 amide bonds. The number of anilines is 1. The molecule has 1 aromatic rings. The molecule has 74 valence electrons. The van der Waals surface area contributed by atoms with Gasteiger partial charge in [0.1, 0.15) is 5.82 Å². The molecule has 14 heavy (non-hydrogen) atoms. The summed E-state index contributed by atoms with van der Waals surface area (Å²) < 4.78 is 12.9. The van der Waals surface area contributed by atoms with Gasteiger partial charge in [0, 0.05) is 11.1 Å². The van der Waals surface area contributed by atoms with Crippen molar-refractivity contribution in [3.8, 4) is 0 Å². The van der Waals surface area contributed by atoms with Gasteiger partial charge in [-0.25, -0.2) is 9.18 Å². The topological polar surface area (TPSA) is 63.3 Å². The second-order valence-corrected chi connectivity index (χ2v) is 2.88. The molecule has 0 bridgehead atoms. The highest BCUT2D eigenvalue weighted by Gasteiger charge is 2.04. The second kappa shape index (κ2) is 3.91. The average Bonchev–Trinajstić information content (AvgIpc) is 2.12. The first-order valence-electron chi connectivity index (χ1n) is 3.98. The number of carboxylic acids is 1. The van der Waals surface area contributed by atoms with Crippen LogP contribution in [0.15, 0.2) is 23.8 Å². The zero-order valence-corrected chi connectivity index (χ0v) is 7.62. The van der Waals surface area contributed by atoms with Gasteiger partial charge in [0.05, 0.1) is 5.69 Å². The molecule has 0 aliphatic rings. The van der Waals surface area contributed by atoms with Crippen LogP contribution in [0.25, 0.3) is 6.08 Å². The monoisotopic (exact) mass is 195 g/mol. The molecule has 0 saturated carbocycles. The third-order valence-electron chi connectivity index (χ3n) is 1.80. The van der Waals surface area contributed by atoms with E-state index in [1.54, 1.807) is 6.07 Å². The van der Waals surface area contributed by atoms with Crippen LogP contribution in [0.4, 0.5) is 10.1 Å². The lowest BCUT2D eigenvalue weighted by Crippen LogP contribution is -1.98. The highest BCUT2D eigenvalue weighted by molar-refractivity contribution is 5.92. The lowest BCUT2D eigenvalue weighted by molar-refractivity contribution is -0.132. The number of hydrogen-bond acceptors (Lipinski definition) is 2. The predicted octanol–water partition coefficient (Wildman–Crippen LogP) is 1.90. The Bertz CT molecular complexity index is 399. The molecular formula is C10H10FNO2. The van der Waals surface area contributed by atoms with Crippen molar-refractivity contribution in [3.63, 3.8) is 0 Å². The zero-order valence-electron chi connectivity index (χ0n) is 7.62. The van der Waals surface area contributed by atoms with E-state index >= 15 is 0 Å². The maximum Gasteiger partial charge on any atom is 0.331 e. The number of para-hydroxylation sites is 1. The molecule has 4 heteroatoms. The summed E-state index contributed by atoms with van der Waals surface area (Å²) in [7, 11) is 0. The van der Waals surface area contributed by atoms with Crippen LogP contribution in [0, 0.1) is 5.82 Å². The Labute approximate surface area is 80.7 Å². The molecule has 3 N–H and O–H groups in total. The first kappa shape index (κ1) is 10.2. The van der Waals surface area contributed by atoms with Crippen molar-refractivity contribution in [2.75, 3.05) is 5.73 Å². The summed E-state index contributed by atoms with van der Waals surface area (Å²) in [6.07, 6.45) is 1.33. The van der Waals surface area contributed by atoms with E-state index in [0.29, 0.717) is 5.56 Å². The normalized spacial score (nSPS) is 11.4. The van der Waals surface area contributed by atoms with Gasteiger partial charge in [-0.15, -0.1) is 0 Å². The lowest BCUT2D eigenvalue weighted by atomic mass is 10.1. The fourth-order valence-corrected chi connectivity index (χ4v) is 0.975. The molecule has 0 unspecified atom stereocenters. The van der Waals surface area contributed by atoms with E-state index in [9.17, 15) is 9.18 Å². The van der Waals surface area contributed by atoms with E-state index in [0.717, 1.165) is 0 Å². The summed E-state index contributed by atoms with van der Waals surface area (Å²) in [5.41, 5.74) is 5.88. The molecule has 0 fully saturated rings. The van der Waals surface area contributed by atoms with Crippen LogP contribution < -0.4 is 5.73 Å². The highest BCUT2D eigenvalue weighted by Crippen LogP contribution is 2.18. The quantitative estimate of drug-likeness (QED) is 0.559. The lowest BCUT2D eigenvalue weighted by Gasteiger charge is -2.01. The van der Waals surface area contributed by atoms with Gasteiger partial charge in [-0.1, -0.05) is 12.1 Å². The first-order chi connectivity index (χ1) is 6.52. The van der Waals surface area contributed by atoms with Crippen LogP contribution in [0.5, 0.6) is 0 Å². The first-order valence-corrected chi connectivity index (χ1v) is 3.98. The number of benzene rings is 1. The van der Waals surface area contributed by atoms with Crippen LogP contribution in [0.1, 0.15) is 12.5 Å². The molecule has 0 heterocycles. The average molecular weight is 195 g/mol. The van der Waals surface area contributed by atoms with Crippen LogP contribution in [0.3, 0.4) is 0 Å². The molecule has 3 nitrogen and oxygen atoms in total. The fourth-order valence-electron chi connectivity index (χ4n) is 0.975. The summed E-state index contributed by atoms with van der Waals surface area (Å²) in [6, 6.07) is 4.26. The standard InChI is InChI=1S/C10H10FNO2/c1-6(10(13)14)5-7-3-2-4-8(11)9(7)12/h2-5H,12H2,1H3,(H,13,14). The summed E-state index contributed by atoms with van der Waals surface area (Å²) in [4.78, 5) is 10.5. The van der Waals surface area contributed by atoms with Crippen LogP contribution in [-0.4, -0.2) is 11.1 Å². The third-order valence-corrected chi connectivity index (χ3v) is 1.80. The molecule has 0 aliphatic carbocycles. The van der Waals surface area contributed by atoms with Crippen LogP contribution in [0.2, 0.25) is 0 Å². The molecule has 0 aliphatic heterocycles. The number of carbonyl (C=O) groups is 1. The van der Waals surface area contributed by atoms with E-state index < -0.39 is 11.8 Å². The minimum atomic E-state index is -1.05. The Balaban J connectivity index is 3.15. The van der Waals surface area contributed by atoms with Crippen molar-refractivity contribution >= 4 is 17.7 Å². The van der Waals surface area contributed by atoms with E-state index in [1.165, 1.54) is 25.1 Å². The Hall–Kier alpha value is -1.84. The third kappa shape index (κ3) is 2.10. The number of hydrogen-bond donors (Lipinski definition) is 2. The minimum Gasteiger partial charge on any atom is -0.478 e. The summed E-state index contributed by atoms with van der Waals surface area (Å²) in [6.45, 7) is 1.42. The number of aliphatic carboxylic acids is 1. The number of carboxylic acid groups (broad SMARTS) is 1. The van der Waals surface area contributed by atoms with Gasteiger partial charge < -0.3 is 10.8 Å². The number of rotatable bonds is 2. The van der Waals surface area contributed by atoms with Crippen molar-refractivity contribution < 1.29 is 14.3 Å². The van der Waals surface area contributed by atoms with Gasteiger partial charge in [-0.3, -0.25) is 0 Å². The van der Waals surface area contributed by atoms with Gasteiger partial charge in [0.2, 0.25) is 0 Å². The molecule has 0 radical (unpaired) electrons. The van der Waals surface area contributed by atoms with Gasteiger partial charge in [0.15, 0.2) is 0 Å². The van der Waals surface area contributed by atoms with Crippen LogP contribution >= 0.6 is 0 Å². The van der Waals surface area contributed by atoms with Crippen molar-refractivity contribution in [2.45, 2.75) is 6.92 Å². The number of nitrogen functional groups attached to an aromatic ring is 1. The largest absolute Gasteiger partial charge is 0.478 e. The molecular weight excluding hydrogens is 185 g/mol. The molecule has 1 aromatic carbocycles. The zero-order chi connectivity index (χ0) is 10.7. The van der Waals surface area contributed by atoms with E-state index in [-0.39, 0.29) is 11.3 Å². The van der Waals surface area contributed by atoms with Gasteiger partial charge in [-0.05, 0) is 19.1 Å². The second-order valence-electron chi connectivity index (χ2n) is 2.88. The maximum absolute atomic E-state index is 12.9. The summed E-state index contributed by atoms with van der Waals surface area (Å²) in [5, 5.41) is 8.60. The molecule has 0 spiro atoms. The Morgan fingerprint density at radius 2 is 2.21 bits per heavy atom. The number of nitrogens with two attached hydrogens (primary N) is 1. The van der Waals surface area contributed by atoms with Crippen molar-refractivity contribution in [1.29, 1.82) is 0 Å².